The van der Waals surface area contributed by atoms with E-state index < -0.39 is 0 Å². The van der Waals surface area contributed by atoms with E-state index in [0.717, 1.165) is 12.0 Å². The summed E-state index contributed by atoms with van der Waals surface area (Å²) in [6.45, 7) is 1.82. The van der Waals surface area contributed by atoms with Crippen LogP contribution in [0, 0.1) is 23.7 Å². The third kappa shape index (κ3) is 1.73. The number of rotatable bonds is 2. The van der Waals surface area contributed by atoms with Crippen LogP contribution in [0.1, 0.15) is 17.0 Å². The highest BCUT2D eigenvalue weighted by molar-refractivity contribution is 6.01. The van der Waals surface area contributed by atoms with Gasteiger partial charge in [0.2, 0.25) is 0 Å². The van der Waals surface area contributed by atoms with Crippen molar-refractivity contribution >= 4 is 12.2 Å². The van der Waals surface area contributed by atoms with Crippen molar-refractivity contribution in [2.75, 3.05) is 0 Å². The van der Waals surface area contributed by atoms with Crippen LogP contribution in [0.4, 0.5) is 0 Å². The minimum Gasteiger partial charge on any atom is -0.382 e. The van der Waals surface area contributed by atoms with Gasteiger partial charge in [0, 0.05) is 5.69 Å². The first kappa shape index (κ1) is 9.00. The summed E-state index contributed by atoms with van der Waals surface area (Å²) in [4.78, 5) is 6.47. The molecule has 0 saturated carbocycles. The maximum atomic E-state index is 8.71. The summed E-state index contributed by atoms with van der Waals surface area (Å²) >= 11 is 0. The van der Waals surface area contributed by atoms with Crippen molar-refractivity contribution in [3.8, 4) is 6.07 Å². The number of hydrogen-bond donors (Lipinski definition) is 3. The minimum atomic E-state index is 0.152. The topological polar surface area (TPSA) is 102 Å². The predicted molar refractivity (Wildman–Crippen MR) is 49.8 cm³/mol. The van der Waals surface area contributed by atoms with E-state index in [1.54, 1.807) is 6.07 Å². The Balaban J connectivity index is 3.22. The van der Waals surface area contributed by atoms with Gasteiger partial charge in [0.15, 0.2) is 0 Å². The first-order valence-corrected chi connectivity index (χ1v) is 3.61. The lowest BCUT2D eigenvalue weighted by Crippen LogP contribution is -2.15. The standard InChI is InChI=1S/C8H9N5/c1-5-2-6(3-9)7(13-5)8(11)12-4-10/h2,4,13H,1H3,(H3,10,11,12). The van der Waals surface area contributed by atoms with E-state index in [4.69, 9.17) is 16.4 Å². The van der Waals surface area contributed by atoms with Crippen molar-refractivity contribution in [2.45, 2.75) is 6.92 Å². The first-order valence-electron chi connectivity index (χ1n) is 3.61. The second kappa shape index (κ2) is 3.54. The Morgan fingerprint density at radius 2 is 2.54 bits per heavy atom. The molecule has 0 spiro atoms. The molecule has 0 aliphatic rings. The van der Waals surface area contributed by atoms with Crippen molar-refractivity contribution < 1.29 is 0 Å². The fraction of sp³-hybridized carbons (Fsp3) is 0.125. The number of amidine groups is 1. The van der Waals surface area contributed by atoms with E-state index in [1.165, 1.54) is 0 Å². The summed E-state index contributed by atoms with van der Waals surface area (Å²) in [6.07, 6.45) is 0.840. The molecule has 4 N–H and O–H groups in total. The predicted octanol–water partition coefficient (Wildman–Crippen LogP) is 0.507. The molecule has 5 nitrogen and oxygen atoms in total. The SMILES string of the molecule is Cc1cc(C#N)c(C(N)=NC=N)[nH]1. The number of aliphatic imine (C=N–C) groups is 1. The molecule has 0 aliphatic carbocycles. The molecule has 0 bridgehead atoms. The Bertz CT molecular complexity index is 393. The van der Waals surface area contributed by atoms with Gasteiger partial charge in [-0.3, -0.25) is 5.41 Å². The summed E-state index contributed by atoms with van der Waals surface area (Å²) in [5, 5.41) is 15.4. The highest BCUT2D eigenvalue weighted by Crippen LogP contribution is 2.08. The van der Waals surface area contributed by atoms with Crippen LogP contribution < -0.4 is 5.73 Å². The van der Waals surface area contributed by atoms with Gasteiger partial charge in [-0.1, -0.05) is 0 Å². The molecule has 0 unspecified atom stereocenters. The summed E-state index contributed by atoms with van der Waals surface area (Å²) < 4.78 is 0. The number of nitriles is 1. The van der Waals surface area contributed by atoms with Crippen LogP contribution in [0.3, 0.4) is 0 Å². The molecule has 1 aromatic heterocycles. The van der Waals surface area contributed by atoms with E-state index in [0.29, 0.717) is 11.3 Å². The molecule has 1 aromatic rings. The van der Waals surface area contributed by atoms with Crippen molar-refractivity contribution in [2.24, 2.45) is 10.7 Å². The summed E-state index contributed by atoms with van der Waals surface area (Å²) in [5.74, 6) is 0.152. The molecule has 13 heavy (non-hydrogen) atoms. The zero-order valence-corrected chi connectivity index (χ0v) is 7.13. The molecule has 5 heteroatoms. The van der Waals surface area contributed by atoms with Gasteiger partial charge in [0.25, 0.3) is 0 Å². The fourth-order valence-corrected chi connectivity index (χ4v) is 1.01. The van der Waals surface area contributed by atoms with Crippen molar-refractivity contribution in [3.05, 3.63) is 23.0 Å². The van der Waals surface area contributed by atoms with Crippen LogP contribution in [-0.4, -0.2) is 17.2 Å². The van der Waals surface area contributed by atoms with E-state index in [1.807, 2.05) is 13.0 Å². The molecular formula is C8H9N5. The smallest absolute Gasteiger partial charge is 0.150 e. The average Bonchev–Trinajstić information content (AvgIpc) is 2.47. The summed E-state index contributed by atoms with van der Waals surface area (Å²) in [6, 6.07) is 3.67. The quantitative estimate of drug-likeness (QED) is 0.450. The largest absolute Gasteiger partial charge is 0.382 e. The Morgan fingerprint density at radius 3 is 3.08 bits per heavy atom. The molecule has 0 fully saturated rings. The van der Waals surface area contributed by atoms with Crippen LogP contribution >= 0.6 is 0 Å². The molecule has 1 heterocycles. The molecule has 0 radical (unpaired) electrons. The van der Waals surface area contributed by atoms with Gasteiger partial charge in [-0.25, -0.2) is 4.99 Å². The van der Waals surface area contributed by atoms with Crippen molar-refractivity contribution in [1.29, 1.82) is 10.7 Å². The van der Waals surface area contributed by atoms with Crippen LogP contribution in [0.5, 0.6) is 0 Å². The highest BCUT2D eigenvalue weighted by Gasteiger charge is 2.08. The maximum absolute atomic E-state index is 8.71. The Hall–Kier alpha value is -2.09. The number of aryl methyl sites for hydroxylation is 1. The number of nitrogens with one attached hydrogen (secondary N) is 2. The Kier molecular flexibility index (Phi) is 2.45. The molecule has 0 amide bonds. The lowest BCUT2D eigenvalue weighted by molar-refractivity contribution is 1.24. The molecule has 0 aromatic carbocycles. The van der Waals surface area contributed by atoms with Crippen molar-refractivity contribution in [1.82, 2.24) is 4.98 Å². The number of H-pyrrole nitrogens is 1. The second-order valence-electron chi connectivity index (χ2n) is 2.50. The minimum absolute atomic E-state index is 0.152. The van der Waals surface area contributed by atoms with E-state index >= 15 is 0 Å². The number of aromatic amines is 1. The maximum Gasteiger partial charge on any atom is 0.150 e. The fourth-order valence-electron chi connectivity index (χ4n) is 1.01. The van der Waals surface area contributed by atoms with Gasteiger partial charge in [-0.2, -0.15) is 5.26 Å². The van der Waals surface area contributed by atoms with Gasteiger partial charge >= 0.3 is 0 Å². The van der Waals surface area contributed by atoms with E-state index in [-0.39, 0.29) is 5.84 Å². The third-order valence-corrected chi connectivity index (χ3v) is 1.53. The summed E-state index contributed by atoms with van der Waals surface area (Å²) in [5.41, 5.74) is 7.27. The normalized spacial score (nSPS) is 10.9. The third-order valence-electron chi connectivity index (χ3n) is 1.53. The number of aromatic nitrogens is 1. The van der Waals surface area contributed by atoms with E-state index in [2.05, 4.69) is 9.98 Å². The molecule has 0 aliphatic heterocycles. The zero-order valence-electron chi connectivity index (χ0n) is 7.13. The molecular weight excluding hydrogens is 166 g/mol. The van der Waals surface area contributed by atoms with Crippen LogP contribution in [0.2, 0.25) is 0 Å². The molecule has 0 atom stereocenters. The van der Waals surface area contributed by atoms with Crippen LogP contribution in [0.25, 0.3) is 0 Å². The van der Waals surface area contributed by atoms with Gasteiger partial charge in [-0.15, -0.1) is 0 Å². The second-order valence-corrected chi connectivity index (χ2v) is 2.50. The van der Waals surface area contributed by atoms with Gasteiger partial charge in [-0.05, 0) is 13.0 Å². The zero-order chi connectivity index (χ0) is 9.84. The van der Waals surface area contributed by atoms with Crippen LogP contribution in [0.15, 0.2) is 11.1 Å². The average molecular weight is 175 g/mol. The molecule has 0 saturated heterocycles. The van der Waals surface area contributed by atoms with Crippen LogP contribution in [-0.2, 0) is 0 Å². The van der Waals surface area contributed by atoms with Gasteiger partial charge < -0.3 is 10.7 Å². The monoisotopic (exact) mass is 175 g/mol. The number of hydrogen-bond acceptors (Lipinski definition) is 2. The van der Waals surface area contributed by atoms with Gasteiger partial charge in [0.1, 0.15) is 18.2 Å². The lowest BCUT2D eigenvalue weighted by atomic mass is 10.2. The van der Waals surface area contributed by atoms with Gasteiger partial charge in [0.05, 0.1) is 11.3 Å². The summed E-state index contributed by atoms with van der Waals surface area (Å²) in [7, 11) is 0. The first-order chi connectivity index (χ1) is 6.19. The van der Waals surface area contributed by atoms with E-state index in [9.17, 15) is 0 Å². The van der Waals surface area contributed by atoms with Crippen molar-refractivity contribution in [3.63, 3.8) is 0 Å². The number of nitrogens with zero attached hydrogens (tertiary/aromatic N) is 2. The molecule has 66 valence electrons. The highest BCUT2D eigenvalue weighted by atomic mass is 14.9. The lowest BCUT2D eigenvalue weighted by Gasteiger charge is -1.94. The molecule has 1 rings (SSSR count). The Morgan fingerprint density at radius 1 is 1.85 bits per heavy atom. The Labute approximate surface area is 75.4 Å². The number of nitrogens with two attached hydrogens (primary N) is 1.